The summed E-state index contributed by atoms with van der Waals surface area (Å²) in [6.07, 6.45) is 5.18. The fourth-order valence-electron chi connectivity index (χ4n) is 2.30. The lowest BCUT2D eigenvalue weighted by atomic mass is 10.0. The van der Waals surface area contributed by atoms with Gasteiger partial charge in [-0.25, -0.2) is 0 Å². The van der Waals surface area contributed by atoms with E-state index in [1.165, 1.54) is 25.7 Å². The van der Waals surface area contributed by atoms with Gasteiger partial charge in [-0.15, -0.1) is 0 Å². The molecule has 0 radical (unpaired) electrons. The van der Waals surface area contributed by atoms with E-state index in [9.17, 15) is 0 Å². The van der Waals surface area contributed by atoms with Crippen molar-refractivity contribution < 1.29 is 0 Å². The Morgan fingerprint density at radius 3 is 2.76 bits per heavy atom. The number of rotatable bonds is 5. The topological polar surface area (TPSA) is 61.8 Å². The summed E-state index contributed by atoms with van der Waals surface area (Å²) in [6.45, 7) is 3.23. The van der Waals surface area contributed by atoms with Gasteiger partial charge in [0.1, 0.15) is 0 Å². The molecule has 1 aliphatic carbocycles. The Morgan fingerprint density at radius 1 is 1.47 bits per heavy atom. The molecule has 1 fully saturated rings. The van der Waals surface area contributed by atoms with E-state index >= 15 is 0 Å². The van der Waals surface area contributed by atoms with Crippen LogP contribution in [0.4, 0.5) is 11.4 Å². The highest BCUT2D eigenvalue weighted by atomic mass is 14.9. The average Bonchev–Trinajstić information content (AvgIpc) is 3.08. The lowest BCUT2D eigenvalue weighted by Crippen LogP contribution is -2.16. The predicted octanol–water partition coefficient (Wildman–Crippen LogP) is 3.13. The number of nitrogens with zero attached hydrogens (tertiary/aromatic N) is 1. The number of anilines is 2. The molecule has 3 nitrogen and oxygen atoms in total. The third-order valence-corrected chi connectivity index (χ3v) is 3.57. The number of nitriles is 1. The molecule has 0 spiro atoms. The van der Waals surface area contributed by atoms with Crippen molar-refractivity contribution in [1.29, 1.82) is 5.26 Å². The minimum atomic E-state index is 0.509. The molecule has 1 aliphatic rings. The molecule has 1 aromatic carbocycles. The van der Waals surface area contributed by atoms with Crippen LogP contribution >= 0.6 is 0 Å². The van der Waals surface area contributed by atoms with Gasteiger partial charge in [-0.2, -0.15) is 5.26 Å². The van der Waals surface area contributed by atoms with Gasteiger partial charge in [-0.05, 0) is 42.9 Å². The summed E-state index contributed by atoms with van der Waals surface area (Å²) in [5.74, 6) is 0. The molecule has 0 amide bonds. The molecule has 3 heteroatoms. The van der Waals surface area contributed by atoms with Crippen molar-refractivity contribution >= 4 is 11.4 Å². The van der Waals surface area contributed by atoms with Crippen LogP contribution in [0.5, 0.6) is 0 Å². The van der Waals surface area contributed by atoms with Crippen LogP contribution in [0, 0.1) is 16.7 Å². The lowest BCUT2D eigenvalue weighted by molar-refractivity contribution is 0.486. The molecule has 3 N–H and O–H groups in total. The van der Waals surface area contributed by atoms with E-state index in [-0.39, 0.29) is 0 Å². The maximum absolute atomic E-state index is 8.77. The molecule has 17 heavy (non-hydrogen) atoms. The molecule has 0 saturated heterocycles. The van der Waals surface area contributed by atoms with E-state index in [2.05, 4.69) is 18.3 Å². The van der Waals surface area contributed by atoms with Gasteiger partial charge in [0.2, 0.25) is 0 Å². The maximum atomic E-state index is 8.77. The van der Waals surface area contributed by atoms with Crippen LogP contribution in [0.3, 0.4) is 0 Å². The summed E-state index contributed by atoms with van der Waals surface area (Å²) < 4.78 is 0. The highest BCUT2D eigenvalue weighted by molar-refractivity contribution is 5.68. The van der Waals surface area contributed by atoms with Crippen LogP contribution in [0.2, 0.25) is 0 Å². The Morgan fingerprint density at radius 2 is 2.24 bits per heavy atom. The third kappa shape index (κ3) is 2.71. The molecule has 1 aromatic rings. The zero-order valence-electron chi connectivity index (χ0n) is 10.3. The molecule has 2 rings (SSSR count). The Kier molecular flexibility index (Phi) is 3.23. The average molecular weight is 229 g/mol. The van der Waals surface area contributed by atoms with Crippen LogP contribution in [-0.4, -0.2) is 6.54 Å². The fraction of sp³-hybridized carbons (Fsp3) is 0.500. The van der Waals surface area contributed by atoms with Crippen LogP contribution in [0.1, 0.15) is 38.2 Å². The van der Waals surface area contributed by atoms with Crippen molar-refractivity contribution in [2.75, 3.05) is 17.6 Å². The first-order valence-electron chi connectivity index (χ1n) is 6.23. The second-order valence-corrected chi connectivity index (χ2v) is 5.02. The number of hydrogen-bond acceptors (Lipinski definition) is 3. The molecule has 90 valence electrons. The van der Waals surface area contributed by atoms with Gasteiger partial charge < -0.3 is 11.1 Å². The zero-order chi connectivity index (χ0) is 12.3. The smallest absolute Gasteiger partial charge is 0.0992 e. The summed E-state index contributed by atoms with van der Waals surface area (Å²) in [4.78, 5) is 0. The molecule has 0 bridgehead atoms. The molecule has 1 saturated carbocycles. The van der Waals surface area contributed by atoms with Gasteiger partial charge in [0.25, 0.3) is 0 Å². The number of hydrogen-bond donors (Lipinski definition) is 2. The Bertz CT molecular complexity index is 441. The summed E-state index contributed by atoms with van der Waals surface area (Å²) in [5.41, 5.74) is 8.64. The van der Waals surface area contributed by atoms with Crippen molar-refractivity contribution in [1.82, 2.24) is 0 Å². The second-order valence-electron chi connectivity index (χ2n) is 5.02. The number of benzene rings is 1. The number of nitrogen functional groups attached to an aromatic ring is 1. The summed E-state index contributed by atoms with van der Waals surface area (Å²) >= 11 is 0. The molecular formula is C14H19N3. The number of nitrogens with one attached hydrogen (secondary N) is 1. The quantitative estimate of drug-likeness (QED) is 0.762. The van der Waals surface area contributed by atoms with Gasteiger partial charge in [0, 0.05) is 6.54 Å². The first-order valence-corrected chi connectivity index (χ1v) is 6.23. The highest BCUT2D eigenvalue weighted by Gasteiger charge is 2.41. The fourth-order valence-corrected chi connectivity index (χ4v) is 2.30. The first-order chi connectivity index (χ1) is 8.19. The van der Waals surface area contributed by atoms with Crippen molar-refractivity contribution in [3.8, 4) is 6.07 Å². The van der Waals surface area contributed by atoms with Crippen LogP contribution < -0.4 is 11.1 Å². The normalized spacial score (nSPS) is 16.2. The van der Waals surface area contributed by atoms with Crippen molar-refractivity contribution in [2.24, 2.45) is 5.41 Å². The van der Waals surface area contributed by atoms with Crippen LogP contribution in [0.25, 0.3) is 0 Å². The Labute approximate surface area is 103 Å². The van der Waals surface area contributed by atoms with Crippen LogP contribution in [0.15, 0.2) is 18.2 Å². The van der Waals surface area contributed by atoms with Crippen LogP contribution in [-0.2, 0) is 0 Å². The standard InChI is InChI=1S/C14H19N3/c1-2-5-14(6-7-14)10-17-13-4-3-11(9-15)8-12(13)16/h3-4,8,17H,2,5-7,10,16H2,1H3. The van der Waals surface area contributed by atoms with E-state index in [0.29, 0.717) is 16.7 Å². The molecule has 0 heterocycles. The highest BCUT2D eigenvalue weighted by Crippen LogP contribution is 2.49. The predicted molar refractivity (Wildman–Crippen MR) is 70.6 cm³/mol. The van der Waals surface area contributed by atoms with E-state index < -0.39 is 0 Å². The summed E-state index contributed by atoms with van der Waals surface area (Å²) in [5, 5.41) is 12.2. The SMILES string of the molecule is CCCC1(CNc2ccc(C#N)cc2N)CC1. The molecular weight excluding hydrogens is 210 g/mol. The van der Waals surface area contributed by atoms with E-state index in [1.807, 2.05) is 6.07 Å². The second kappa shape index (κ2) is 4.67. The number of nitrogens with two attached hydrogens (primary N) is 1. The van der Waals surface area contributed by atoms with Gasteiger partial charge in [0.15, 0.2) is 0 Å². The largest absolute Gasteiger partial charge is 0.397 e. The van der Waals surface area contributed by atoms with E-state index in [1.54, 1.807) is 12.1 Å². The van der Waals surface area contributed by atoms with Gasteiger partial charge >= 0.3 is 0 Å². The van der Waals surface area contributed by atoms with Crippen molar-refractivity contribution in [2.45, 2.75) is 32.6 Å². The van der Waals surface area contributed by atoms with E-state index in [4.69, 9.17) is 11.0 Å². The zero-order valence-corrected chi connectivity index (χ0v) is 10.3. The Balaban J connectivity index is 1.98. The molecule has 0 aromatic heterocycles. The molecule has 0 unspecified atom stereocenters. The first kappa shape index (κ1) is 11.8. The molecule has 0 aliphatic heterocycles. The monoisotopic (exact) mass is 229 g/mol. The lowest BCUT2D eigenvalue weighted by Gasteiger charge is -2.17. The minimum absolute atomic E-state index is 0.509. The van der Waals surface area contributed by atoms with Gasteiger partial charge in [-0.1, -0.05) is 13.3 Å². The van der Waals surface area contributed by atoms with Gasteiger partial charge in [0.05, 0.1) is 23.0 Å². The molecule has 0 atom stereocenters. The minimum Gasteiger partial charge on any atom is -0.397 e. The van der Waals surface area contributed by atoms with Crippen molar-refractivity contribution in [3.63, 3.8) is 0 Å². The summed E-state index contributed by atoms with van der Waals surface area (Å²) in [7, 11) is 0. The third-order valence-electron chi connectivity index (χ3n) is 3.57. The van der Waals surface area contributed by atoms with Gasteiger partial charge in [-0.3, -0.25) is 0 Å². The van der Waals surface area contributed by atoms with E-state index in [0.717, 1.165) is 12.2 Å². The van der Waals surface area contributed by atoms with Crippen molar-refractivity contribution in [3.05, 3.63) is 23.8 Å². The maximum Gasteiger partial charge on any atom is 0.0992 e. The summed E-state index contributed by atoms with van der Waals surface area (Å²) in [6, 6.07) is 7.52. The Hall–Kier alpha value is -1.69.